The van der Waals surface area contributed by atoms with Crippen molar-refractivity contribution >= 4 is 87.5 Å². The fraction of sp³-hybridized carbons (Fsp3) is 0.486. The van der Waals surface area contributed by atoms with Crippen molar-refractivity contribution in [3.05, 3.63) is 108 Å². The molecule has 0 aromatic carbocycles. The maximum Gasteiger partial charge on any atom is 0.408 e. The molecule has 1 aliphatic carbocycles. The number of ether oxygens (including phenoxy) is 3. The van der Waals surface area contributed by atoms with Crippen LogP contribution in [0.4, 0.5) is 106 Å². The van der Waals surface area contributed by atoms with Gasteiger partial charge in [0, 0.05) is 88.9 Å². The number of alkyl halides is 9. The smallest absolute Gasteiger partial charge is 0.408 e. The van der Waals surface area contributed by atoms with Gasteiger partial charge in [-0.3, -0.25) is 45.0 Å². The number of nitrogens with zero attached hydrogens (tertiary/aromatic N) is 12. The number of pyridine rings is 6. The Hall–Kier alpha value is -10.6. The Labute approximate surface area is 621 Å². The molecule has 592 valence electrons. The Morgan fingerprint density at radius 1 is 0.500 bits per heavy atom. The van der Waals surface area contributed by atoms with E-state index in [-0.39, 0.29) is 96.4 Å². The quantitative estimate of drug-likeness (QED) is 0.0199. The minimum atomic E-state index is -4.60. The van der Waals surface area contributed by atoms with E-state index in [9.17, 15) is 83.6 Å². The Morgan fingerprint density at radius 3 is 1.20 bits per heavy atom. The van der Waals surface area contributed by atoms with Crippen molar-refractivity contribution in [2.75, 3.05) is 124 Å². The molecule has 4 fully saturated rings. The van der Waals surface area contributed by atoms with Crippen molar-refractivity contribution in [1.82, 2.24) is 35.2 Å². The maximum absolute atomic E-state index is 13.5. The number of urea groups is 3. The summed E-state index contributed by atoms with van der Waals surface area (Å²) in [6.07, 6.45) is -12.6. The number of rotatable bonds is 25. The van der Waals surface area contributed by atoms with Crippen LogP contribution in [0.5, 0.6) is 17.2 Å². The molecule has 0 radical (unpaired) electrons. The van der Waals surface area contributed by atoms with Crippen LogP contribution >= 0.6 is 0 Å². The van der Waals surface area contributed by atoms with Gasteiger partial charge in [0.25, 0.3) is 5.91 Å². The van der Waals surface area contributed by atoms with Gasteiger partial charge in [-0.15, -0.1) is 0 Å². The average Bonchev–Trinajstić information content (AvgIpc) is 1.54. The third-order valence-corrected chi connectivity index (χ3v) is 18.9. The maximum atomic E-state index is 13.5. The molecule has 12 heterocycles. The van der Waals surface area contributed by atoms with Crippen LogP contribution in [-0.4, -0.2) is 236 Å². The van der Waals surface area contributed by atoms with Crippen LogP contribution in [0.1, 0.15) is 96.2 Å². The standard InChI is InChI=1S/C25H28F3N5O5.C23H27F3N6O5.C22H24F3N5O5/c26-25(27,28)18(14-1-2-14)10-21(36)19-3-4-20-23(30-19)33(15-6-8-32(20)11-15)24(37)31-22-9-17(5-7-29-22)38-13-16(35)12-34;1-2-18(23(24,25)26)29-21(35)16-3-4-17-20(28-16)32(13-6-8-31(17)10-13)22(36)30-19-9-15(5-7-27-19)37-12-14(34)11-33;23-22(24,25)6-3-18(33)16-1-2-17-20(27-16)30(13-5-8-29(17)10-13)21(34)28-19-9-15(4-7-26-19)35-12-14(32)11-31/h3-5,7,9,14-16,18,34-35H,1-2,6,8,10-13H2,(H,29,31,37);3-5,7,9,13-14,18,33-34H,2,6,8,10-12H2,1H3,(H,29,35)(H,27,30,36);1-2,4,7,9,13-14,31-32H,3,5-6,8,10-12H2,(H,26,28,34)/t15-,16+,18+;13-,14+,18+;13-,14+/m000/s1. The van der Waals surface area contributed by atoms with Crippen LogP contribution in [0.3, 0.4) is 0 Å². The second kappa shape index (κ2) is 34.6. The Balaban J connectivity index is 0.000000164. The lowest BCUT2D eigenvalue weighted by Crippen LogP contribution is -2.49. The van der Waals surface area contributed by atoms with E-state index in [1.165, 1.54) is 94.8 Å². The van der Waals surface area contributed by atoms with E-state index in [4.69, 9.17) is 29.5 Å². The van der Waals surface area contributed by atoms with Gasteiger partial charge in [0.15, 0.2) is 29.0 Å². The molecule has 40 heteroatoms. The molecule has 7 aliphatic rings. The van der Waals surface area contributed by atoms with E-state index < -0.39 is 129 Å². The summed E-state index contributed by atoms with van der Waals surface area (Å²) in [4.78, 5) is 113. The van der Waals surface area contributed by atoms with Gasteiger partial charge in [-0.1, -0.05) is 6.92 Å². The van der Waals surface area contributed by atoms with E-state index in [1.807, 2.05) is 20.0 Å². The van der Waals surface area contributed by atoms with Crippen LogP contribution in [0.25, 0.3) is 0 Å². The number of hydrogen-bond donors (Lipinski definition) is 10. The number of halogens is 9. The highest BCUT2D eigenvalue weighted by Crippen LogP contribution is 2.48. The average molecular weight is 1560 g/mol. The zero-order valence-electron chi connectivity index (χ0n) is 58.8. The van der Waals surface area contributed by atoms with Crippen molar-refractivity contribution < 1.29 is 113 Å². The molecule has 7 amide bonds. The molecule has 8 atom stereocenters. The molecule has 0 spiro atoms. The highest BCUT2D eigenvalue weighted by Gasteiger charge is 2.51. The number of amides is 7. The number of aromatic nitrogens is 6. The second-order valence-electron chi connectivity index (χ2n) is 26.9. The van der Waals surface area contributed by atoms with Crippen molar-refractivity contribution in [3.63, 3.8) is 0 Å². The van der Waals surface area contributed by atoms with Crippen LogP contribution < -0.4 is 64.9 Å². The van der Waals surface area contributed by atoms with Crippen LogP contribution in [-0.2, 0) is 0 Å². The predicted molar refractivity (Wildman–Crippen MR) is 376 cm³/mol. The zero-order valence-corrected chi connectivity index (χ0v) is 58.8. The Morgan fingerprint density at radius 2 is 0.864 bits per heavy atom. The molecule has 10 N–H and O–H groups in total. The van der Waals surface area contributed by atoms with Crippen LogP contribution in [0.2, 0.25) is 0 Å². The first-order valence-electron chi connectivity index (χ1n) is 35.2. The molecule has 3 saturated heterocycles. The van der Waals surface area contributed by atoms with Crippen LogP contribution in [0, 0.1) is 11.8 Å². The predicted octanol–water partition coefficient (Wildman–Crippen LogP) is 7.28. The number of carbonyl (C=O) groups is 6. The number of hydrogen-bond acceptors (Lipinski definition) is 24. The summed E-state index contributed by atoms with van der Waals surface area (Å²) in [5.41, 5.74) is 1.36. The third-order valence-electron chi connectivity index (χ3n) is 18.9. The summed E-state index contributed by atoms with van der Waals surface area (Å²) >= 11 is 0. The van der Waals surface area contributed by atoms with E-state index in [0.29, 0.717) is 106 Å². The molecular weight excluding hydrogens is 1480 g/mol. The normalized spacial score (nSPS) is 18.7. The SMILES string of the molecule is CC[C@@H](NC(=O)c1ccc2c(n1)N(C(=O)Nc1cc(OC[C@H](O)CO)ccn1)[C@H]1CCN2C1)C(F)(F)F.O=C(CCC(F)(F)F)c1ccc2c(n1)N(C(=O)Nc1cc(OC[C@H](O)CO)ccn1)[C@H]1CCN2C1.O=C(C[C@H](C1CC1)C(F)(F)F)c1ccc2c(n1)N(C(=O)Nc1cc(OC[C@H](O)CO)ccn1)[C@H]1CCN2C1. The molecular formula is C70H79F9N16O15. The molecule has 6 aromatic heterocycles. The summed E-state index contributed by atoms with van der Waals surface area (Å²) in [5.74, 6) is -2.68. The second-order valence-corrected chi connectivity index (χ2v) is 26.9. The van der Waals surface area contributed by atoms with Gasteiger partial charge in [0.2, 0.25) is 0 Å². The van der Waals surface area contributed by atoms with Gasteiger partial charge in [0.1, 0.15) is 96.0 Å². The van der Waals surface area contributed by atoms with Crippen molar-refractivity contribution in [1.29, 1.82) is 0 Å². The fourth-order valence-corrected chi connectivity index (χ4v) is 13.2. The summed E-state index contributed by atoms with van der Waals surface area (Å²) in [5, 5.41) is 65.1. The number of fused-ring (bicyclic) bond motifs is 12. The van der Waals surface area contributed by atoms with Gasteiger partial charge in [-0.05, 0) is 99.0 Å². The molecule has 13 rings (SSSR count). The summed E-state index contributed by atoms with van der Waals surface area (Å²) in [6, 6.07) is 13.4. The van der Waals surface area contributed by atoms with Gasteiger partial charge < -0.3 is 64.9 Å². The minimum absolute atomic E-state index is 0.102. The number of nitrogens with one attached hydrogen (secondary N) is 4. The lowest BCUT2D eigenvalue weighted by molar-refractivity contribution is -0.179. The van der Waals surface area contributed by atoms with E-state index in [1.54, 1.807) is 18.2 Å². The van der Waals surface area contributed by atoms with E-state index in [2.05, 4.69) is 45.9 Å². The van der Waals surface area contributed by atoms with Crippen molar-refractivity contribution in [2.24, 2.45) is 11.8 Å². The van der Waals surface area contributed by atoms with E-state index >= 15 is 0 Å². The highest BCUT2D eigenvalue weighted by molar-refractivity contribution is 6.07. The lowest BCUT2D eigenvalue weighted by atomic mass is 9.95. The number of Topliss-reactive ketones (excluding diaryl/α,β-unsaturated/α-hetero) is 2. The van der Waals surface area contributed by atoms with Gasteiger partial charge in [-0.2, -0.15) is 39.5 Å². The molecule has 6 aliphatic heterocycles. The number of anilines is 9. The molecule has 0 unspecified atom stereocenters. The minimum Gasteiger partial charge on any atom is -0.491 e. The Kier molecular flexibility index (Phi) is 25.3. The van der Waals surface area contributed by atoms with Gasteiger partial charge in [-0.25, -0.2) is 44.3 Å². The molecule has 6 aromatic rings. The highest BCUT2D eigenvalue weighted by atomic mass is 19.4. The number of carbonyl (C=O) groups excluding carboxylic acids is 6. The van der Waals surface area contributed by atoms with Gasteiger partial charge >= 0.3 is 36.6 Å². The first kappa shape index (κ1) is 80.5. The molecule has 110 heavy (non-hydrogen) atoms. The van der Waals surface area contributed by atoms with Crippen molar-refractivity contribution in [3.8, 4) is 17.2 Å². The van der Waals surface area contributed by atoms with Crippen LogP contribution in [0.15, 0.2) is 91.4 Å². The third kappa shape index (κ3) is 19.9. The number of aliphatic hydroxyl groups is 6. The fourth-order valence-electron chi connectivity index (χ4n) is 13.2. The lowest BCUT2D eigenvalue weighted by Gasteiger charge is -2.35. The molecule has 31 nitrogen and oxygen atoms in total. The largest absolute Gasteiger partial charge is 0.491 e. The molecule has 6 bridgehead atoms. The first-order valence-corrected chi connectivity index (χ1v) is 35.2. The topological polar surface area (TPSA) is 396 Å². The number of ketones is 2. The Bertz CT molecular complexity index is 4300. The summed E-state index contributed by atoms with van der Waals surface area (Å²) in [6.45, 7) is 3.10. The number of aliphatic hydroxyl groups excluding tert-OH is 6. The summed E-state index contributed by atoms with van der Waals surface area (Å²) in [7, 11) is 0. The van der Waals surface area contributed by atoms with E-state index in [0.717, 1.165) is 0 Å². The summed E-state index contributed by atoms with van der Waals surface area (Å²) < 4.78 is 134. The zero-order chi connectivity index (χ0) is 78.9. The first-order chi connectivity index (χ1) is 52.4. The van der Waals surface area contributed by atoms with Gasteiger partial charge in [0.05, 0.1) is 67.3 Å². The molecule has 1 saturated carbocycles. The monoisotopic (exact) mass is 1550 g/mol. The van der Waals surface area contributed by atoms with Crippen molar-refractivity contribution in [2.45, 2.75) is 126 Å².